The first kappa shape index (κ1) is 57.7. The smallest absolute Gasteiger partial charge is 0.330 e. The summed E-state index contributed by atoms with van der Waals surface area (Å²) in [6.07, 6.45) is 1.26. The van der Waals surface area contributed by atoms with Gasteiger partial charge in [0.1, 0.15) is 0 Å². The van der Waals surface area contributed by atoms with Gasteiger partial charge in [-0.3, -0.25) is 0 Å². The van der Waals surface area contributed by atoms with Crippen LogP contribution in [-0.2, 0) is 46.0 Å². The highest BCUT2D eigenvalue weighted by Crippen LogP contribution is 2.22. The molecule has 3 rings (SSSR count). The van der Waals surface area contributed by atoms with Crippen LogP contribution in [0.3, 0.4) is 0 Å². The fourth-order valence-corrected chi connectivity index (χ4v) is 2.95. The lowest BCUT2D eigenvalue weighted by Gasteiger charge is -2.22. The molecule has 0 radical (unpaired) electrons. The average Bonchev–Trinajstić information content (AvgIpc) is 2.97. The molecule has 258 valence electrons. The van der Waals surface area contributed by atoms with E-state index < -0.39 is 0 Å². The SMILES string of the molecule is C.C.C.Cc1ccc(C(C)(C)C#N)cc1.Cc1ccc(C(C)(C)CN)cc1.Cc1ccc(CC#N)cc1.Cl.O=C=O.O=C=O.O=C=O. The lowest BCUT2D eigenvalue weighted by Crippen LogP contribution is -2.27. The van der Waals surface area contributed by atoms with Crippen LogP contribution >= 0.6 is 12.4 Å². The van der Waals surface area contributed by atoms with Crippen molar-refractivity contribution < 1.29 is 28.8 Å². The molecular weight excluding hydrogens is 618 g/mol. The zero-order chi connectivity index (χ0) is 33.9. The van der Waals surface area contributed by atoms with Crippen LogP contribution in [0, 0.1) is 43.4 Å². The molecular formula is C37H52ClN3O6. The standard InChI is InChI=1S/C11H17N.C11H13N.C9H9N.3CO2.3CH4.ClH/c2*1-9-4-6-10(7-5-9)11(2,3)8-12;1-8-2-4-9(5-3-8)6-7-10;3*2-1-3;;;;/h4-7H,8,12H2,1-3H3;4-7H,1-3H3;2-5H,6H2,1H3;;;;3*1H4;1H. The number of hydrogen-bond acceptors (Lipinski definition) is 9. The molecule has 0 aromatic heterocycles. The minimum atomic E-state index is -0.367. The van der Waals surface area contributed by atoms with Gasteiger partial charge in [-0.2, -0.15) is 39.3 Å². The lowest BCUT2D eigenvalue weighted by molar-refractivity contribution is -0.193. The molecule has 0 saturated heterocycles. The van der Waals surface area contributed by atoms with Crippen LogP contribution in [0.5, 0.6) is 0 Å². The summed E-state index contributed by atoms with van der Waals surface area (Å²) in [5.74, 6) is 0. The summed E-state index contributed by atoms with van der Waals surface area (Å²) < 4.78 is 0. The zero-order valence-corrected chi connectivity index (χ0v) is 27.0. The summed E-state index contributed by atoms with van der Waals surface area (Å²) in [5.41, 5.74) is 12.7. The van der Waals surface area contributed by atoms with E-state index in [2.05, 4.69) is 57.2 Å². The Morgan fingerprint density at radius 1 is 0.574 bits per heavy atom. The maximum Gasteiger partial charge on any atom is 0.373 e. The first-order chi connectivity index (χ1) is 20.2. The molecule has 0 aliphatic carbocycles. The molecule has 0 amide bonds. The second-order valence-electron chi connectivity index (χ2n) is 10.1. The van der Waals surface area contributed by atoms with Crippen molar-refractivity contribution in [3.63, 3.8) is 0 Å². The number of aryl methyl sites for hydroxylation is 3. The summed E-state index contributed by atoms with van der Waals surface area (Å²) in [4.78, 5) is 48.8. The molecule has 0 unspecified atom stereocenters. The van der Waals surface area contributed by atoms with Crippen molar-refractivity contribution in [3.8, 4) is 12.1 Å². The molecule has 2 N–H and O–H groups in total. The van der Waals surface area contributed by atoms with Crippen molar-refractivity contribution >= 4 is 30.9 Å². The van der Waals surface area contributed by atoms with Gasteiger partial charge >= 0.3 is 18.5 Å². The van der Waals surface area contributed by atoms with Gasteiger partial charge in [0.2, 0.25) is 0 Å². The average molecular weight is 670 g/mol. The van der Waals surface area contributed by atoms with Crippen LogP contribution in [0.15, 0.2) is 72.8 Å². The fraction of sp³-hybridized carbons (Fsp3) is 0.378. The third-order valence-electron chi connectivity index (χ3n) is 5.80. The zero-order valence-electron chi connectivity index (χ0n) is 26.2. The highest BCUT2D eigenvalue weighted by Gasteiger charge is 2.18. The van der Waals surface area contributed by atoms with E-state index in [1.165, 1.54) is 22.3 Å². The summed E-state index contributed by atoms with van der Waals surface area (Å²) in [7, 11) is 0. The number of nitrogens with two attached hydrogens (primary N) is 1. The summed E-state index contributed by atoms with van der Waals surface area (Å²) in [6, 6.07) is 29.1. The molecule has 0 heterocycles. The van der Waals surface area contributed by atoms with Crippen molar-refractivity contribution in [1.82, 2.24) is 0 Å². The molecule has 0 atom stereocenters. The fourth-order valence-electron chi connectivity index (χ4n) is 2.95. The Bertz CT molecular complexity index is 1340. The minimum Gasteiger partial charge on any atom is -0.330 e. The Kier molecular flexibility index (Phi) is 41.6. The maximum atomic E-state index is 8.87. The Hall–Kier alpha value is -4.97. The van der Waals surface area contributed by atoms with Crippen molar-refractivity contribution in [2.24, 2.45) is 5.73 Å². The molecule has 0 spiro atoms. The summed E-state index contributed by atoms with van der Waals surface area (Å²) >= 11 is 0. The number of rotatable bonds is 4. The highest BCUT2D eigenvalue weighted by molar-refractivity contribution is 5.85. The molecule has 3 aromatic rings. The highest BCUT2D eigenvalue weighted by atomic mass is 35.5. The predicted octanol–water partition coefficient (Wildman–Crippen LogP) is 7.67. The van der Waals surface area contributed by atoms with Gasteiger partial charge in [-0.15, -0.1) is 12.4 Å². The van der Waals surface area contributed by atoms with Crippen molar-refractivity contribution in [2.45, 2.75) is 88.0 Å². The van der Waals surface area contributed by atoms with Crippen molar-refractivity contribution in [3.05, 3.63) is 106 Å². The second kappa shape index (κ2) is 33.9. The molecule has 47 heavy (non-hydrogen) atoms. The predicted molar refractivity (Wildman–Crippen MR) is 186 cm³/mol. The van der Waals surface area contributed by atoms with Crippen LogP contribution in [0.4, 0.5) is 0 Å². The maximum absolute atomic E-state index is 8.87. The molecule has 0 fully saturated rings. The molecule has 10 heteroatoms. The Morgan fingerprint density at radius 3 is 1.11 bits per heavy atom. The normalized spacial score (nSPS) is 8.13. The van der Waals surface area contributed by atoms with E-state index in [1.807, 2.05) is 76.2 Å². The van der Waals surface area contributed by atoms with E-state index in [-0.39, 0.29) is 64.0 Å². The first-order valence-electron chi connectivity index (χ1n) is 12.9. The third-order valence-corrected chi connectivity index (χ3v) is 5.80. The quantitative estimate of drug-likeness (QED) is 0.292. The number of carbonyl (C=O) groups excluding carboxylic acids is 6. The molecule has 9 nitrogen and oxygen atoms in total. The lowest BCUT2D eigenvalue weighted by atomic mass is 9.84. The largest absolute Gasteiger partial charge is 0.373 e. The number of hydrogen-bond donors (Lipinski definition) is 1. The van der Waals surface area contributed by atoms with Gasteiger partial charge in [0, 0.05) is 12.0 Å². The van der Waals surface area contributed by atoms with Gasteiger partial charge in [0.25, 0.3) is 0 Å². The first-order valence-corrected chi connectivity index (χ1v) is 12.9. The van der Waals surface area contributed by atoms with Gasteiger partial charge < -0.3 is 5.73 Å². The Balaban J connectivity index is -0.0000000874. The molecule has 0 aliphatic rings. The Morgan fingerprint density at radius 2 is 0.851 bits per heavy atom. The Labute approximate surface area is 288 Å². The number of nitriles is 2. The van der Waals surface area contributed by atoms with Gasteiger partial charge in [-0.25, -0.2) is 0 Å². The van der Waals surface area contributed by atoms with Crippen molar-refractivity contribution in [1.29, 1.82) is 10.5 Å². The van der Waals surface area contributed by atoms with Crippen LogP contribution < -0.4 is 5.73 Å². The van der Waals surface area contributed by atoms with Gasteiger partial charge in [0.05, 0.1) is 24.0 Å². The number of benzene rings is 3. The minimum absolute atomic E-state index is 0. The molecule has 0 saturated carbocycles. The van der Waals surface area contributed by atoms with E-state index in [1.54, 1.807) is 0 Å². The van der Waals surface area contributed by atoms with E-state index in [0.717, 1.165) is 11.1 Å². The number of halogens is 1. The summed E-state index contributed by atoms with van der Waals surface area (Å²) in [6.45, 7) is 15.1. The number of nitrogens with zero attached hydrogens (tertiary/aromatic N) is 2. The van der Waals surface area contributed by atoms with E-state index in [4.69, 9.17) is 45.0 Å². The molecule has 0 aliphatic heterocycles. The second-order valence-corrected chi connectivity index (χ2v) is 10.1. The monoisotopic (exact) mass is 669 g/mol. The third kappa shape index (κ3) is 29.5. The molecule has 3 aromatic carbocycles. The van der Waals surface area contributed by atoms with Crippen molar-refractivity contribution in [2.75, 3.05) is 6.54 Å². The summed E-state index contributed by atoms with van der Waals surface area (Å²) in [5, 5.41) is 17.2. The topological polar surface area (TPSA) is 176 Å². The van der Waals surface area contributed by atoms with Gasteiger partial charge in [-0.1, -0.05) is 126 Å². The van der Waals surface area contributed by atoms with Crippen LogP contribution in [-0.4, -0.2) is 25.0 Å². The van der Waals surface area contributed by atoms with Gasteiger partial charge in [0.15, 0.2) is 0 Å². The van der Waals surface area contributed by atoms with Gasteiger partial charge in [-0.05, 0) is 51.3 Å². The van der Waals surface area contributed by atoms with E-state index in [9.17, 15) is 0 Å². The van der Waals surface area contributed by atoms with Crippen LogP contribution in [0.25, 0.3) is 0 Å². The van der Waals surface area contributed by atoms with E-state index >= 15 is 0 Å². The molecule has 0 bridgehead atoms. The van der Waals surface area contributed by atoms with Crippen LogP contribution in [0.1, 0.15) is 83.4 Å². The van der Waals surface area contributed by atoms with Crippen LogP contribution in [0.2, 0.25) is 0 Å². The van der Waals surface area contributed by atoms with E-state index in [0.29, 0.717) is 13.0 Å².